The number of carbonyl (C=O) groups excluding carboxylic acids is 2. The van der Waals surface area contributed by atoms with E-state index in [9.17, 15) is 18.0 Å². The predicted octanol–water partition coefficient (Wildman–Crippen LogP) is 0.122. The second-order valence-electron chi connectivity index (χ2n) is 7.12. The molecule has 0 unspecified atom stereocenters. The quantitative estimate of drug-likeness (QED) is 0.660. The number of sulfonamides is 1. The number of nitrogens with one attached hydrogen (secondary N) is 1. The van der Waals surface area contributed by atoms with Crippen molar-refractivity contribution in [3.05, 3.63) is 30.3 Å². The summed E-state index contributed by atoms with van der Waals surface area (Å²) in [5, 5.41) is 3.19. The number of rotatable bonds is 8. The minimum absolute atomic E-state index is 0.120. The van der Waals surface area contributed by atoms with Crippen molar-refractivity contribution in [2.24, 2.45) is 0 Å². The van der Waals surface area contributed by atoms with Gasteiger partial charge in [0.05, 0.1) is 11.4 Å². The van der Waals surface area contributed by atoms with Crippen molar-refractivity contribution in [2.45, 2.75) is 24.2 Å². The molecule has 1 aromatic rings. The number of nitrogens with zero attached hydrogens (tertiary/aromatic N) is 3. The highest BCUT2D eigenvalue weighted by atomic mass is 32.2. The van der Waals surface area contributed by atoms with Crippen LogP contribution in [0, 0.1) is 0 Å². The van der Waals surface area contributed by atoms with Gasteiger partial charge in [0.1, 0.15) is 0 Å². The number of hydrogen-bond acceptors (Lipinski definition) is 5. The van der Waals surface area contributed by atoms with Crippen LogP contribution in [0.5, 0.6) is 0 Å². The second-order valence-corrected chi connectivity index (χ2v) is 9.06. The summed E-state index contributed by atoms with van der Waals surface area (Å²) in [4.78, 5) is 28.1. The van der Waals surface area contributed by atoms with Gasteiger partial charge in [0.15, 0.2) is 0 Å². The summed E-state index contributed by atoms with van der Waals surface area (Å²) in [5.74, 6) is -0.0624. The average Bonchev–Trinajstić information content (AvgIpc) is 3.13. The van der Waals surface area contributed by atoms with Crippen molar-refractivity contribution < 1.29 is 18.0 Å². The van der Waals surface area contributed by atoms with Gasteiger partial charge in [-0.2, -0.15) is 4.31 Å². The van der Waals surface area contributed by atoms with Gasteiger partial charge in [-0.15, -0.1) is 0 Å². The van der Waals surface area contributed by atoms with Crippen molar-refractivity contribution in [3.63, 3.8) is 0 Å². The van der Waals surface area contributed by atoms with Crippen LogP contribution in [0.3, 0.4) is 0 Å². The molecule has 0 atom stereocenters. The number of amides is 2. The molecule has 0 spiro atoms. The van der Waals surface area contributed by atoms with Gasteiger partial charge in [0, 0.05) is 52.2 Å². The summed E-state index contributed by atoms with van der Waals surface area (Å²) in [5.41, 5.74) is 0. The highest BCUT2D eigenvalue weighted by Gasteiger charge is 2.29. The van der Waals surface area contributed by atoms with Gasteiger partial charge in [-0.05, 0) is 25.0 Å². The van der Waals surface area contributed by atoms with Crippen molar-refractivity contribution in [2.75, 3.05) is 52.4 Å². The smallest absolute Gasteiger partial charge is 0.243 e. The molecule has 154 valence electrons. The van der Waals surface area contributed by atoms with Gasteiger partial charge in [0.2, 0.25) is 21.8 Å². The van der Waals surface area contributed by atoms with E-state index in [2.05, 4.69) is 5.32 Å². The minimum Gasteiger partial charge on any atom is -0.343 e. The Morgan fingerprint density at radius 1 is 1.11 bits per heavy atom. The zero-order valence-corrected chi connectivity index (χ0v) is 16.9. The molecule has 28 heavy (non-hydrogen) atoms. The summed E-state index contributed by atoms with van der Waals surface area (Å²) in [6.07, 6.45) is 1.92. The molecule has 2 heterocycles. The summed E-state index contributed by atoms with van der Waals surface area (Å²) in [6.45, 7) is 3.87. The minimum atomic E-state index is -3.78. The second kappa shape index (κ2) is 9.49. The number of likely N-dealkylation sites (tertiary alicyclic amines) is 1. The van der Waals surface area contributed by atoms with Crippen LogP contribution in [-0.2, 0) is 19.6 Å². The van der Waals surface area contributed by atoms with E-state index < -0.39 is 10.0 Å². The Hall–Kier alpha value is -1.97. The maximum absolute atomic E-state index is 13.1. The molecule has 2 fully saturated rings. The van der Waals surface area contributed by atoms with Gasteiger partial charge in [-0.3, -0.25) is 9.59 Å². The molecule has 0 bridgehead atoms. The predicted molar refractivity (Wildman–Crippen MR) is 105 cm³/mol. The lowest BCUT2D eigenvalue weighted by Crippen LogP contribution is -2.50. The van der Waals surface area contributed by atoms with E-state index >= 15 is 0 Å². The Bertz CT molecular complexity index is 778. The Morgan fingerprint density at radius 3 is 2.46 bits per heavy atom. The fourth-order valence-corrected chi connectivity index (χ4v) is 5.02. The molecule has 0 radical (unpaired) electrons. The summed E-state index contributed by atoms with van der Waals surface area (Å²) in [7, 11) is -3.78. The largest absolute Gasteiger partial charge is 0.343 e. The van der Waals surface area contributed by atoms with Crippen LogP contribution in [-0.4, -0.2) is 86.7 Å². The first-order chi connectivity index (χ1) is 13.5. The molecule has 0 saturated carbocycles. The van der Waals surface area contributed by atoms with E-state index in [4.69, 9.17) is 0 Å². The summed E-state index contributed by atoms with van der Waals surface area (Å²) < 4.78 is 27.5. The lowest BCUT2D eigenvalue weighted by atomic mass is 10.3. The van der Waals surface area contributed by atoms with Gasteiger partial charge in [-0.1, -0.05) is 18.2 Å². The highest BCUT2D eigenvalue weighted by molar-refractivity contribution is 7.89. The lowest BCUT2D eigenvalue weighted by molar-refractivity contribution is -0.132. The third-order valence-electron chi connectivity index (χ3n) is 5.17. The molecule has 9 heteroatoms. The Balaban J connectivity index is 1.69. The topological polar surface area (TPSA) is 90.0 Å². The third kappa shape index (κ3) is 5.09. The maximum atomic E-state index is 13.1. The zero-order chi connectivity index (χ0) is 20.0. The molecule has 2 aliphatic heterocycles. The molecule has 8 nitrogen and oxygen atoms in total. The highest BCUT2D eigenvalue weighted by Crippen LogP contribution is 2.17. The third-order valence-corrected chi connectivity index (χ3v) is 7.03. The standard InChI is InChI=1S/C19H28N4O4S/c24-18-8-4-11-21(18)12-5-13-23(16-19(25)22-14-9-20-10-15-22)28(26,27)17-6-2-1-3-7-17/h1-3,6-7,20H,4-5,8-16H2. The van der Waals surface area contributed by atoms with Gasteiger partial charge >= 0.3 is 0 Å². The van der Waals surface area contributed by atoms with E-state index in [1.54, 1.807) is 40.1 Å². The van der Waals surface area contributed by atoms with Crippen molar-refractivity contribution in [3.8, 4) is 0 Å². The van der Waals surface area contributed by atoms with E-state index in [1.807, 2.05) is 0 Å². The monoisotopic (exact) mass is 408 g/mol. The van der Waals surface area contributed by atoms with Gasteiger partial charge < -0.3 is 15.1 Å². The molecular weight excluding hydrogens is 380 g/mol. The Morgan fingerprint density at radius 2 is 1.82 bits per heavy atom. The molecule has 1 aromatic carbocycles. The average molecular weight is 409 g/mol. The van der Waals surface area contributed by atoms with Crippen LogP contribution in [0.15, 0.2) is 35.2 Å². The molecule has 1 N–H and O–H groups in total. The SMILES string of the molecule is O=C1CCCN1CCCN(CC(=O)N1CCNCC1)S(=O)(=O)c1ccccc1. The van der Waals surface area contributed by atoms with E-state index in [0.29, 0.717) is 45.6 Å². The van der Waals surface area contributed by atoms with Gasteiger partial charge in [0.25, 0.3) is 0 Å². The fourth-order valence-electron chi connectivity index (χ4n) is 3.57. The number of hydrogen-bond donors (Lipinski definition) is 1. The van der Waals surface area contributed by atoms with Crippen LogP contribution < -0.4 is 5.32 Å². The van der Waals surface area contributed by atoms with Gasteiger partial charge in [-0.25, -0.2) is 8.42 Å². The van der Waals surface area contributed by atoms with E-state index in [-0.39, 0.29) is 29.8 Å². The molecule has 2 aliphatic rings. The lowest BCUT2D eigenvalue weighted by Gasteiger charge is -2.30. The molecule has 2 saturated heterocycles. The molecule has 2 amide bonds. The molecule has 3 rings (SSSR count). The maximum Gasteiger partial charge on any atom is 0.243 e. The normalized spacial score (nSPS) is 18.1. The van der Waals surface area contributed by atoms with Crippen LogP contribution in [0.4, 0.5) is 0 Å². The van der Waals surface area contributed by atoms with Crippen LogP contribution >= 0.6 is 0 Å². The Labute approximate surface area is 166 Å². The Kier molecular flexibility index (Phi) is 7.03. The number of benzene rings is 1. The first kappa shape index (κ1) is 20.8. The zero-order valence-electron chi connectivity index (χ0n) is 16.0. The number of carbonyl (C=O) groups is 2. The first-order valence-electron chi connectivity index (χ1n) is 9.80. The van der Waals surface area contributed by atoms with Crippen molar-refractivity contribution >= 4 is 21.8 Å². The molecular formula is C19H28N4O4S. The number of piperazine rings is 1. The van der Waals surface area contributed by atoms with E-state index in [1.165, 1.54) is 4.31 Å². The van der Waals surface area contributed by atoms with Crippen molar-refractivity contribution in [1.29, 1.82) is 0 Å². The first-order valence-corrected chi connectivity index (χ1v) is 11.2. The summed E-state index contributed by atoms with van der Waals surface area (Å²) >= 11 is 0. The van der Waals surface area contributed by atoms with Crippen LogP contribution in [0.2, 0.25) is 0 Å². The molecule has 0 aromatic heterocycles. The molecule has 0 aliphatic carbocycles. The fraction of sp³-hybridized carbons (Fsp3) is 0.579. The van der Waals surface area contributed by atoms with E-state index in [0.717, 1.165) is 13.0 Å². The van der Waals surface area contributed by atoms with Crippen LogP contribution in [0.1, 0.15) is 19.3 Å². The van der Waals surface area contributed by atoms with Crippen molar-refractivity contribution in [1.82, 2.24) is 19.4 Å². The van der Waals surface area contributed by atoms with Crippen LogP contribution in [0.25, 0.3) is 0 Å². The summed E-state index contributed by atoms with van der Waals surface area (Å²) in [6, 6.07) is 8.19.